The zero-order chi connectivity index (χ0) is 15.4. The number of anilines is 2. The van der Waals surface area contributed by atoms with Gasteiger partial charge in [0.1, 0.15) is 0 Å². The lowest BCUT2D eigenvalue weighted by Gasteiger charge is -2.27. The summed E-state index contributed by atoms with van der Waals surface area (Å²) < 4.78 is 0. The van der Waals surface area contributed by atoms with Gasteiger partial charge in [-0.2, -0.15) is 0 Å². The second kappa shape index (κ2) is 6.56. The second-order valence-corrected chi connectivity index (χ2v) is 5.52. The third-order valence-electron chi connectivity index (χ3n) is 4.00. The van der Waals surface area contributed by atoms with Crippen molar-refractivity contribution in [2.75, 3.05) is 29.9 Å². The molecular formula is C17H20N4O. The van der Waals surface area contributed by atoms with Crippen LogP contribution < -0.4 is 9.80 Å². The minimum absolute atomic E-state index is 0.149. The number of rotatable bonds is 3. The van der Waals surface area contributed by atoms with E-state index in [0.29, 0.717) is 5.69 Å². The minimum atomic E-state index is -0.149. The summed E-state index contributed by atoms with van der Waals surface area (Å²) in [5, 5.41) is 8.35. The molecule has 0 spiro atoms. The molecule has 1 saturated heterocycles. The Kier molecular flexibility index (Phi) is 4.32. The number of carbonyl (C=O) groups excluding carboxylic acids is 1. The fourth-order valence-electron chi connectivity index (χ4n) is 2.67. The Morgan fingerprint density at radius 1 is 1.00 bits per heavy atom. The van der Waals surface area contributed by atoms with E-state index in [4.69, 9.17) is 0 Å². The van der Waals surface area contributed by atoms with E-state index in [1.807, 2.05) is 36.4 Å². The highest BCUT2D eigenvalue weighted by Crippen LogP contribution is 2.18. The van der Waals surface area contributed by atoms with Crippen LogP contribution in [0.1, 0.15) is 29.8 Å². The van der Waals surface area contributed by atoms with Crippen molar-refractivity contribution in [1.82, 2.24) is 10.2 Å². The number of aromatic nitrogens is 2. The molecule has 3 rings (SSSR count). The Balaban J connectivity index is 1.73. The lowest BCUT2D eigenvalue weighted by atomic mass is 10.1. The van der Waals surface area contributed by atoms with Gasteiger partial charge >= 0.3 is 0 Å². The Hall–Kier alpha value is -2.43. The van der Waals surface area contributed by atoms with Gasteiger partial charge in [-0.25, -0.2) is 0 Å². The third-order valence-corrected chi connectivity index (χ3v) is 4.00. The smallest absolute Gasteiger partial charge is 0.278 e. The molecule has 0 aliphatic carbocycles. The van der Waals surface area contributed by atoms with Gasteiger partial charge in [0, 0.05) is 25.8 Å². The standard InChI is InChI=1S/C17H20N4O/c1-20(14-8-4-2-5-9-14)17(22)15-10-11-16(19-18-15)21-12-6-3-7-13-21/h2,4-5,8-11H,3,6-7,12-13H2,1H3. The predicted octanol–water partition coefficient (Wildman–Crippen LogP) is 2.74. The van der Waals surface area contributed by atoms with E-state index in [0.717, 1.165) is 24.6 Å². The maximum Gasteiger partial charge on any atom is 0.278 e. The van der Waals surface area contributed by atoms with Gasteiger partial charge in [0.2, 0.25) is 0 Å². The van der Waals surface area contributed by atoms with Crippen molar-refractivity contribution in [3.05, 3.63) is 48.2 Å². The first-order valence-electron chi connectivity index (χ1n) is 7.67. The topological polar surface area (TPSA) is 49.3 Å². The van der Waals surface area contributed by atoms with Gasteiger partial charge in [0.15, 0.2) is 11.5 Å². The van der Waals surface area contributed by atoms with Crippen LogP contribution in [-0.4, -0.2) is 36.2 Å². The predicted molar refractivity (Wildman–Crippen MR) is 87.3 cm³/mol. The van der Waals surface area contributed by atoms with Crippen LogP contribution in [0.2, 0.25) is 0 Å². The van der Waals surface area contributed by atoms with E-state index >= 15 is 0 Å². The number of para-hydroxylation sites is 1. The SMILES string of the molecule is CN(C(=O)c1ccc(N2CCCCC2)nn1)c1ccccc1. The average Bonchev–Trinajstić information content (AvgIpc) is 2.62. The second-order valence-electron chi connectivity index (χ2n) is 5.52. The molecule has 0 N–H and O–H groups in total. The molecule has 1 aromatic carbocycles. The molecular weight excluding hydrogens is 276 g/mol. The first-order chi connectivity index (χ1) is 10.8. The van der Waals surface area contributed by atoms with E-state index in [1.165, 1.54) is 19.3 Å². The number of benzene rings is 1. The van der Waals surface area contributed by atoms with E-state index in [9.17, 15) is 4.79 Å². The highest BCUT2D eigenvalue weighted by Gasteiger charge is 2.17. The minimum Gasteiger partial charge on any atom is -0.355 e. The summed E-state index contributed by atoms with van der Waals surface area (Å²) >= 11 is 0. The monoisotopic (exact) mass is 296 g/mol. The highest BCUT2D eigenvalue weighted by molar-refractivity contribution is 6.04. The van der Waals surface area contributed by atoms with E-state index in [2.05, 4.69) is 15.1 Å². The van der Waals surface area contributed by atoms with Crippen LogP contribution in [0, 0.1) is 0 Å². The molecule has 1 aromatic heterocycles. The summed E-state index contributed by atoms with van der Waals surface area (Å²) in [5.41, 5.74) is 1.21. The molecule has 1 amide bonds. The molecule has 0 unspecified atom stereocenters. The van der Waals surface area contributed by atoms with E-state index < -0.39 is 0 Å². The molecule has 0 bridgehead atoms. The van der Waals surface area contributed by atoms with Crippen molar-refractivity contribution in [2.45, 2.75) is 19.3 Å². The molecule has 1 fully saturated rings. The van der Waals surface area contributed by atoms with Gasteiger partial charge in [-0.1, -0.05) is 18.2 Å². The molecule has 2 aromatic rings. The van der Waals surface area contributed by atoms with Crippen molar-refractivity contribution in [2.24, 2.45) is 0 Å². The normalized spacial score (nSPS) is 14.7. The van der Waals surface area contributed by atoms with Crippen LogP contribution in [0.5, 0.6) is 0 Å². The lowest BCUT2D eigenvalue weighted by Crippen LogP contribution is -2.31. The maximum atomic E-state index is 12.4. The molecule has 2 heterocycles. The van der Waals surface area contributed by atoms with Crippen LogP contribution >= 0.6 is 0 Å². The number of amides is 1. The van der Waals surface area contributed by atoms with Gasteiger partial charge in [-0.3, -0.25) is 4.79 Å². The molecule has 5 heteroatoms. The largest absolute Gasteiger partial charge is 0.355 e. The van der Waals surface area contributed by atoms with E-state index in [-0.39, 0.29) is 5.91 Å². The van der Waals surface area contributed by atoms with Crippen molar-refractivity contribution in [3.63, 3.8) is 0 Å². The summed E-state index contributed by atoms with van der Waals surface area (Å²) in [6, 6.07) is 13.2. The molecule has 0 radical (unpaired) electrons. The zero-order valence-electron chi connectivity index (χ0n) is 12.8. The molecule has 5 nitrogen and oxygen atoms in total. The number of hydrogen-bond donors (Lipinski definition) is 0. The Bertz CT molecular complexity index is 621. The lowest BCUT2D eigenvalue weighted by molar-refractivity contribution is 0.0987. The number of piperidine rings is 1. The molecule has 0 atom stereocenters. The van der Waals surface area contributed by atoms with Crippen molar-refractivity contribution in [3.8, 4) is 0 Å². The Morgan fingerprint density at radius 2 is 1.73 bits per heavy atom. The fourth-order valence-corrected chi connectivity index (χ4v) is 2.67. The van der Waals surface area contributed by atoms with Crippen molar-refractivity contribution < 1.29 is 4.79 Å². The Morgan fingerprint density at radius 3 is 2.36 bits per heavy atom. The van der Waals surface area contributed by atoms with Gasteiger partial charge in [0.05, 0.1) is 0 Å². The molecule has 114 valence electrons. The highest BCUT2D eigenvalue weighted by atomic mass is 16.2. The van der Waals surface area contributed by atoms with Crippen LogP contribution in [0.3, 0.4) is 0 Å². The number of carbonyl (C=O) groups is 1. The molecule has 1 aliphatic rings. The maximum absolute atomic E-state index is 12.4. The van der Waals surface area contributed by atoms with Gasteiger partial charge in [-0.15, -0.1) is 10.2 Å². The van der Waals surface area contributed by atoms with Crippen LogP contribution in [0.4, 0.5) is 11.5 Å². The van der Waals surface area contributed by atoms with Gasteiger partial charge in [-0.05, 0) is 43.5 Å². The number of hydrogen-bond acceptors (Lipinski definition) is 4. The Labute approximate surface area is 130 Å². The summed E-state index contributed by atoms with van der Waals surface area (Å²) in [7, 11) is 1.75. The van der Waals surface area contributed by atoms with Gasteiger partial charge < -0.3 is 9.80 Å². The molecule has 0 saturated carbocycles. The number of nitrogens with zero attached hydrogens (tertiary/aromatic N) is 4. The average molecular weight is 296 g/mol. The van der Waals surface area contributed by atoms with Gasteiger partial charge in [0.25, 0.3) is 5.91 Å². The zero-order valence-corrected chi connectivity index (χ0v) is 12.8. The van der Waals surface area contributed by atoms with E-state index in [1.54, 1.807) is 18.0 Å². The van der Waals surface area contributed by atoms with Crippen LogP contribution in [0.25, 0.3) is 0 Å². The first kappa shape index (κ1) is 14.5. The quantitative estimate of drug-likeness (QED) is 0.874. The van der Waals surface area contributed by atoms with Crippen LogP contribution in [-0.2, 0) is 0 Å². The van der Waals surface area contributed by atoms with Crippen molar-refractivity contribution in [1.29, 1.82) is 0 Å². The molecule has 22 heavy (non-hydrogen) atoms. The summed E-state index contributed by atoms with van der Waals surface area (Å²) in [6.07, 6.45) is 3.67. The van der Waals surface area contributed by atoms with Crippen LogP contribution in [0.15, 0.2) is 42.5 Å². The molecule has 1 aliphatic heterocycles. The summed E-state index contributed by atoms with van der Waals surface area (Å²) in [5.74, 6) is 0.711. The first-order valence-corrected chi connectivity index (χ1v) is 7.67. The summed E-state index contributed by atoms with van der Waals surface area (Å²) in [4.78, 5) is 16.3. The van der Waals surface area contributed by atoms with Crippen molar-refractivity contribution >= 4 is 17.4 Å². The fraction of sp³-hybridized carbons (Fsp3) is 0.353. The third kappa shape index (κ3) is 3.08. The summed E-state index contributed by atoms with van der Waals surface area (Å²) in [6.45, 7) is 2.04.